The van der Waals surface area contributed by atoms with Crippen LogP contribution in [0.5, 0.6) is 0 Å². The summed E-state index contributed by atoms with van der Waals surface area (Å²) >= 11 is 6.53. The van der Waals surface area contributed by atoms with Gasteiger partial charge in [-0.05, 0) is 28.3 Å². The van der Waals surface area contributed by atoms with Crippen LogP contribution >= 0.6 is 6.04 Å². The first-order valence-corrected chi connectivity index (χ1v) is 13.4. The maximum Gasteiger partial charge on any atom is 0.182 e. The summed E-state index contributed by atoms with van der Waals surface area (Å²) in [5.74, 6) is 0.00870. The zero-order valence-corrected chi connectivity index (χ0v) is 19.3. The highest BCUT2D eigenvalue weighted by atomic mass is 32.4. The number of ketones is 1. The highest BCUT2D eigenvalue weighted by molar-refractivity contribution is 8.22. The number of hydrogen-bond donors (Lipinski definition) is 0. The molecule has 3 aromatic carbocycles. The van der Waals surface area contributed by atoms with Gasteiger partial charge in [0.1, 0.15) is 5.69 Å². The Morgan fingerprint density at radius 2 is 1.31 bits per heavy atom. The van der Waals surface area contributed by atoms with Gasteiger partial charge < -0.3 is 0 Å². The zero-order chi connectivity index (χ0) is 22.2. The fourth-order valence-electron chi connectivity index (χ4n) is 3.76. The number of nitrogens with zero attached hydrogens (tertiary/aromatic N) is 1. The molecule has 0 fully saturated rings. The fraction of sp³-hybridized carbons (Fsp3) is 0.0714. The zero-order valence-electron chi connectivity index (χ0n) is 17.6. The van der Waals surface area contributed by atoms with E-state index < -0.39 is 6.04 Å². The third kappa shape index (κ3) is 5.02. The van der Waals surface area contributed by atoms with Crippen LogP contribution in [0.4, 0.5) is 0 Å². The second kappa shape index (κ2) is 10.5. The first-order valence-electron chi connectivity index (χ1n) is 10.6. The van der Waals surface area contributed by atoms with Crippen molar-refractivity contribution in [2.75, 3.05) is 0 Å². The summed E-state index contributed by atoms with van der Waals surface area (Å²) in [6, 6.07) is 33.7. The van der Waals surface area contributed by atoms with Crippen molar-refractivity contribution in [3.05, 3.63) is 133 Å². The molecule has 2 nitrogen and oxygen atoms in total. The second-order valence-corrected chi connectivity index (χ2v) is 12.2. The molecule has 1 aromatic heterocycles. The first kappa shape index (κ1) is 22.1. The average Bonchev–Trinajstić information content (AvgIpc) is 2.88. The second-order valence-electron chi connectivity index (χ2n) is 7.51. The Bertz CT molecular complexity index is 1180. The molecule has 4 aromatic rings. The standard InChI is InChI=1S/C28H24NOPS/c30-28(27-18-10-11-21-29-27)22-26(20-19-23-12-4-1-5-13-23)31(32,24-14-6-2-7-15-24)25-16-8-3-9-17-25/h1-21,26H,22H2/b20-19+. The van der Waals surface area contributed by atoms with E-state index in [1.165, 1.54) is 0 Å². The Hall–Kier alpha value is -3.13. The number of carbonyl (C=O) groups is 1. The molecule has 0 saturated carbocycles. The summed E-state index contributed by atoms with van der Waals surface area (Å²) in [4.78, 5) is 17.5. The summed E-state index contributed by atoms with van der Waals surface area (Å²) in [7, 11) is 0. The molecule has 0 aliphatic heterocycles. The molecular weight excluding hydrogens is 429 g/mol. The van der Waals surface area contributed by atoms with E-state index in [1.807, 2.05) is 66.7 Å². The molecule has 4 heteroatoms. The van der Waals surface area contributed by atoms with Gasteiger partial charge in [-0.15, -0.1) is 0 Å². The molecule has 1 unspecified atom stereocenters. The lowest BCUT2D eigenvalue weighted by atomic mass is 10.1. The quantitative estimate of drug-likeness (QED) is 0.247. The van der Waals surface area contributed by atoms with Gasteiger partial charge in [0.2, 0.25) is 0 Å². The van der Waals surface area contributed by atoms with E-state index in [-0.39, 0.29) is 11.4 Å². The number of carbonyl (C=O) groups excluding carboxylic acids is 1. The van der Waals surface area contributed by atoms with Crippen LogP contribution in [-0.4, -0.2) is 16.4 Å². The van der Waals surface area contributed by atoms with Crippen LogP contribution in [0.25, 0.3) is 6.08 Å². The average molecular weight is 454 g/mol. The molecule has 1 heterocycles. The Balaban J connectivity index is 1.82. The van der Waals surface area contributed by atoms with Crippen molar-refractivity contribution in [3.8, 4) is 0 Å². The van der Waals surface area contributed by atoms with Gasteiger partial charge in [-0.3, -0.25) is 9.78 Å². The summed E-state index contributed by atoms with van der Waals surface area (Å²) in [6.07, 6.45) is 6.19. The molecule has 0 amide bonds. The molecule has 0 aliphatic carbocycles. The summed E-state index contributed by atoms with van der Waals surface area (Å²) in [5, 5.41) is 2.22. The Kier molecular flexibility index (Phi) is 7.21. The highest BCUT2D eigenvalue weighted by Crippen LogP contribution is 2.51. The Labute approximate surface area is 194 Å². The van der Waals surface area contributed by atoms with Crippen LogP contribution in [-0.2, 0) is 11.8 Å². The molecular formula is C28H24NOPS. The van der Waals surface area contributed by atoms with Crippen LogP contribution < -0.4 is 10.6 Å². The van der Waals surface area contributed by atoms with Crippen molar-refractivity contribution in [1.82, 2.24) is 4.98 Å². The van der Waals surface area contributed by atoms with E-state index >= 15 is 0 Å². The Morgan fingerprint density at radius 1 is 0.781 bits per heavy atom. The minimum absolute atomic E-state index is 0.00870. The lowest BCUT2D eigenvalue weighted by molar-refractivity contribution is 0.0980. The third-order valence-corrected chi connectivity index (χ3v) is 10.9. The maximum absolute atomic E-state index is 13.3. The maximum atomic E-state index is 13.3. The number of allylic oxidation sites excluding steroid dienone is 1. The van der Waals surface area contributed by atoms with Crippen molar-refractivity contribution < 1.29 is 4.79 Å². The highest BCUT2D eigenvalue weighted by Gasteiger charge is 2.32. The van der Waals surface area contributed by atoms with E-state index in [9.17, 15) is 4.79 Å². The molecule has 0 bridgehead atoms. The smallest absolute Gasteiger partial charge is 0.182 e. The van der Waals surface area contributed by atoms with Gasteiger partial charge in [-0.1, -0.05) is 121 Å². The van der Waals surface area contributed by atoms with E-state index in [1.54, 1.807) is 12.3 Å². The van der Waals surface area contributed by atoms with Gasteiger partial charge in [-0.2, -0.15) is 0 Å². The number of hydrogen-bond acceptors (Lipinski definition) is 3. The first-order chi connectivity index (χ1) is 15.7. The topological polar surface area (TPSA) is 30.0 Å². The van der Waals surface area contributed by atoms with Crippen LogP contribution in [0.3, 0.4) is 0 Å². The SMILES string of the molecule is O=C(CC(/C=C/c1ccccc1)P(=S)(c1ccccc1)c1ccccc1)c1ccccn1. The van der Waals surface area contributed by atoms with E-state index in [0.717, 1.165) is 16.2 Å². The lowest BCUT2D eigenvalue weighted by Gasteiger charge is -2.30. The summed E-state index contributed by atoms with van der Waals surface area (Å²) < 4.78 is 0. The summed E-state index contributed by atoms with van der Waals surface area (Å²) in [5.41, 5.74) is 1.43. The van der Waals surface area contributed by atoms with Crippen molar-refractivity contribution in [2.45, 2.75) is 12.1 Å². The molecule has 32 heavy (non-hydrogen) atoms. The number of pyridine rings is 1. The Morgan fingerprint density at radius 3 is 1.84 bits per heavy atom. The van der Waals surface area contributed by atoms with Crippen molar-refractivity contribution >= 4 is 40.3 Å². The summed E-state index contributed by atoms with van der Waals surface area (Å²) in [6.45, 7) is 0. The molecule has 0 N–H and O–H groups in total. The molecule has 1 atom stereocenters. The van der Waals surface area contributed by atoms with E-state index in [2.05, 4.69) is 53.5 Å². The van der Waals surface area contributed by atoms with E-state index in [4.69, 9.17) is 11.8 Å². The minimum atomic E-state index is -2.35. The molecule has 0 aliphatic rings. The van der Waals surface area contributed by atoms with E-state index in [0.29, 0.717) is 12.1 Å². The molecule has 0 spiro atoms. The van der Waals surface area contributed by atoms with Crippen LogP contribution in [0.15, 0.2) is 121 Å². The van der Waals surface area contributed by atoms with Crippen molar-refractivity contribution in [1.29, 1.82) is 0 Å². The van der Waals surface area contributed by atoms with Gasteiger partial charge in [0.05, 0.1) is 0 Å². The number of rotatable bonds is 8. The molecule has 158 valence electrons. The van der Waals surface area contributed by atoms with Crippen LogP contribution in [0, 0.1) is 0 Å². The van der Waals surface area contributed by atoms with Crippen LogP contribution in [0.2, 0.25) is 0 Å². The fourth-order valence-corrected chi connectivity index (χ4v) is 7.97. The lowest BCUT2D eigenvalue weighted by Crippen LogP contribution is -2.26. The van der Waals surface area contributed by atoms with Crippen molar-refractivity contribution in [3.63, 3.8) is 0 Å². The monoisotopic (exact) mass is 453 g/mol. The van der Waals surface area contributed by atoms with Crippen LogP contribution in [0.1, 0.15) is 22.5 Å². The van der Waals surface area contributed by atoms with Crippen molar-refractivity contribution in [2.24, 2.45) is 0 Å². The van der Waals surface area contributed by atoms with Gasteiger partial charge in [0.15, 0.2) is 5.78 Å². The normalized spacial score (nSPS) is 12.5. The molecule has 4 rings (SSSR count). The van der Waals surface area contributed by atoms with Gasteiger partial charge in [0, 0.05) is 24.3 Å². The molecule has 0 saturated heterocycles. The predicted octanol–water partition coefficient (Wildman–Crippen LogP) is 5.87. The third-order valence-electron chi connectivity index (χ3n) is 5.40. The van der Waals surface area contributed by atoms with Gasteiger partial charge in [0.25, 0.3) is 0 Å². The number of Topliss-reactive ketones (excluding diaryl/α,β-unsaturated/α-hetero) is 1. The minimum Gasteiger partial charge on any atom is -0.292 e. The number of aromatic nitrogens is 1. The largest absolute Gasteiger partial charge is 0.292 e. The predicted molar refractivity (Wildman–Crippen MR) is 139 cm³/mol. The molecule has 0 radical (unpaired) electrons. The van der Waals surface area contributed by atoms with Gasteiger partial charge in [-0.25, -0.2) is 0 Å². The van der Waals surface area contributed by atoms with Gasteiger partial charge >= 0.3 is 0 Å². The number of benzene rings is 3.